The molecule has 132 valence electrons. The largest absolute Gasteiger partial charge is 0.486 e. The van der Waals surface area contributed by atoms with Gasteiger partial charge in [0, 0.05) is 24.7 Å². The summed E-state index contributed by atoms with van der Waals surface area (Å²) in [6, 6.07) is 14.2. The van der Waals surface area contributed by atoms with Gasteiger partial charge in [-0.2, -0.15) is 0 Å². The molecule has 1 amide bonds. The second-order valence-corrected chi connectivity index (χ2v) is 6.32. The van der Waals surface area contributed by atoms with E-state index in [-0.39, 0.29) is 18.0 Å². The molecule has 0 spiro atoms. The zero-order valence-electron chi connectivity index (χ0n) is 14.8. The molecule has 2 unspecified atom stereocenters. The summed E-state index contributed by atoms with van der Waals surface area (Å²) in [6.45, 7) is 6.94. The molecule has 0 fully saturated rings. The molecule has 3 rings (SSSR count). The average molecular weight is 340 g/mol. The van der Waals surface area contributed by atoms with E-state index in [0.29, 0.717) is 13.2 Å². The van der Waals surface area contributed by atoms with E-state index < -0.39 is 0 Å². The first kappa shape index (κ1) is 17.3. The Kier molecular flexibility index (Phi) is 5.24. The van der Waals surface area contributed by atoms with E-state index in [4.69, 9.17) is 9.47 Å². The molecule has 5 heteroatoms. The van der Waals surface area contributed by atoms with Gasteiger partial charge in [-0.05, 0) is 49.2 Å². The Morgan fingerprint density at radius 3 is 2.36 bits per heavy atom. The maximum atomic E-state index is 11.2. The number of carbonyl (C=O) groups excluding carboxylic acids is 1. The van der Waals surface area contributed by atoms with Crippen molar-refractivity contribution >= 4 is 11.6 Å². The molecule has 0 saturated carbocycles. The molecular formula is C20H24N2O3. The van der Waals surface area contributed by atoms with Gasteiger partial charge in [0.15, 0.2) is 11.5 Å². The normalized spacial score (nSPS) is 15.3. The summed E-state index contributed by atoms with van der Waals surface area (Å²) in [5, 5.41) is 6.41. The fraction of sp³-hybridized carbons (Fsp3) is 0.350. The summed E-state index contributed by atoms with van der Waals surface area (Å²) < 4.78 is 11.2. The van der Waals surface area contributed by atoms with Crippen LogP contribution in [0.2, 0.25) is 0 Å². The van der Waals surface area contributed by atoms with Crippen LogP contribution in [0, 0.1) is 0 Å². The highest BCUT2D eigenvalue weighted by atomic mass is 16.6. The van der Waals surface area contributed by atoms with Gasteiger partial charge in [0.05, 0.1) is 0 Å². The summed E-state index contributed by atoms with van der Waals surface area (Å²) in [4.78, 5) is 11.2. The lowest BCUT2D eigenvalue weighted by Crippen LogP contribution is -2.23. The highest BCUT2D eigenvalue weighted by Gasteiger charge is 2.16. The number of amides is 1. The van der Waals surface area contributed by atoms with Crippen LogP contribution in [0.15, 0.2) is 42.5 Å². The molecule has 0 saturated heterocycles. The fourth-order valence-corrected chi connectivity index (χ4v) is 2.99. The first-order valence-electron chi connectivity index (χ1n) is 8.56. The molecule has 0 bridgehead atoms. The third-order valence-electron chi connectivity index (χ3n) is 4.27. The van der Waals surface area contributed by atoms with Gasteiger partial charge in [-0.15, -0.1) is 0 Å². The van der Waals surface area contributed by atoms with E-state index in [0.717, 1.165) is 28.3 Å². The highest BCUT2D eigenvalue weighted by Crippen LogP contribution is 2.33. The number of rotatable bonds is 5. The summed E-state index contributed by atoms with van der Waals surface area (Å²) in [6.07, 6.45) is 0. The Labute approximate surface area is 148 Å². The standard InChI is InChI=1S/C20H24N2O3/c1-13(16-5-4-6-18(11-16)22-15(3)23)21-14(2)17-7-8-19-20(12-17)25-10-9-24-19/h4-8,11-14,21H,9-10H2,1-3H3,(H,22,23). The van der Waals surface area contributed by atoms with Crippen molar-refractivity contribution in [2.45, 2.75) is 32.9 Å². The number of hydrogen-bond acceptors (Lipinski definition) is 4. The van der Waals surface area contributed by atoms with Crippen LogP contribution in [-0.2, 0) is 4.79 Å². The Morgan fingerprint density at radius 1 is 0.960 bits per heavy atom. The summed E-state index contributed by atoms with van der Waals surface area (Å²) in [5.41, 5.74) is 3.08. The van der Waals surface area contributed by atoms with E-state index in [1.807, 2.05) is 30.3 Å². The van der Waals surface area contributed by atoms with Gasteiger partial charge in [-0.3, -0.25) is 4.79 Å². The van der Waals surface area contributed by atoms with Crippen LogP contribution in [-0.4, -0.2) is 19.1 Å². The van der Waals surface area contributed by atoms with E-state index in [1.54, 1.807) is 0 Å². The third-order valence-corrected chi connectivity index (χ3v) is 4.27. The summed E-state index contributed by atoms with van der Waals surface area (Å²) in [5.74, 6) is 1.54. The topological polar surface area (TPSA) is 59.6 Å². The van der Waals surface area contributed by atoms with Gasteiger partial charge in [-0.25, -0.2) is 0 Å². The van der Waals surface area contributed by atoms with E-state index in [1.165, 1.54) is 6.92 Å². The monoisotopic (exact) mass is 340 g/mol. The van der Waals surface area contributed by atoms with Crippen LogP contribution < -0.4 is 20.1 Å². The molecule has 2 aromatic carbocycles. The first-order chi connectivity index (χ1) is 12.0. The Balaban J connectivity index is 1.70. The van der Waals surface area contributed by atoms with Crippen molar-refractivity contribution in [2.24, 2.45) is 0 Å². The van der Waals surface area contributed by atoms with Crippen molar-refractivity contribution in [3.63, 3.8) is 0 Å². The van der Waals surface area contributed by atoms with Gasteiger partial charge in [0.1, 0.15) is 13.2 Å². The minimum Gasteiger partial charge on any atom is -0.486 e. The van der Waals surface area contributed by atoms with E-state index >= 15 is 0 Å². The lowest BCUT2D eigenvalue weighted by molar-refractivity contribution is -0.114. The van der Waals surface area contributed by atoms with Crippen molar-refractivity contribution in [2.75, 3.05) is 18.5 Å². The Morgan fingerprint density at radius 2 is 1.64 bits per heavy atom. The zero-order chi connectivity index (χ0) is 17.8. The maximum Gasteiger partial charge on any atom is 0.221 e. The number of ether oxygens (including phenoxy) is 2. The van der Waals surface area contributed by atoms with Gasteiger partial charge in [0.2, 0.25) is 5.91 Å². The lowest BCUT2D eigenvalue weighted by Gasteiger charge is -2.24. The summed E-state index contributed by atoms with van der Waals surface area (Å²) >= 11 is 0. The van der Waals surface area contributed by atoms with Crippen molar-refractivity contribution < 1.29 is 14.3 Å². The van der Waals surface area contributed by atoms with Crippen LogP contribution in [0.4, 0.5) is 5.69 Å². The van der Waals surface area contributed by atoms with E-state index in [2.05, 4.69) is 36.6 Å². The van der Waals surface area contributed by atoms with Gasteiger partial charge < -0.3 is 20.1 Å². The van der Waals surface area contributed by atoms with Crippen molar-refractivity contribution in [3.05, 3.63) is 53.6 Å². The number of carbonyl (C=O) groups is 1. The molecule has 1 aliphatic heterocycles. The second kappa shape index (κ2) is 7.57. The minimum absolute atomic E-state index is 0.0672. The number of hydrogen-bond donors (Lipinski definition) is 2. The summed E-state index contributed by atoms with van der Waals surface area (Å²) in [7, 11) is 0. The molecule has 0 aromatic heterocycles. The van der Waals surface area contributed by atoms with Crippen LogP contribution in [0.1, 0.15) is 44.0 Å². The second-order valence-electron chi connectivity index (χ2n) is 6.32. The SMILES string of the molecule is CC(=O)Nc1cccc(C(C)NC(C)c2ccc3c(c2)OCCO3)c1. The van der Waals surface area contributed by atoms with Crippen LogP contribution in [0.5, 0.6) is 11.5 Å². The molecule has 1 heterocycles. The van der Waals surface area contributed by atoms with Gasteiger partial charge >= 0.3 is 0 Å². The smallest absolute Gasteiger partial charge is 0.221 e. The quantitative estimate of drug-likeness (QED) is 0.868. The van der Waals surface area contributed by atoms with Crippen LogP contribution >= 0.6 is 0 Å². The number of anilines is 1. The number of fused-ring (bicyclic) bond motifs is 1. The molecule has 1 aliphatic rings. The lowest BCUT2D eigenvalue weighted by atomic mass is 10.0. The minimum atomic E-state index is -0.0672. The molecular weight excluding hydrogens is 316 g/mol. The molecule has 2 aromatic rings. The average Bonchev–Trinajstić information content (AvgIpc) is 2.61. The molecule has 0 aliphatic carbocycles. The molecule has 2 N–H and O–H groups in total. The Hall–Kier alpha value is -2.53. The van der Waals surface area contributed by atoms with Crippen molar-refractivity contribution in [1.29, 1.82) is 0 Å². The molecule has 25 heavy (non-hydrogen) atoms. The maximum absolute atomic E-state index is 11.2. The predicted molar refractivity (Wildman–Crippen MR) is 98.1 cm³/mol. The van der Waals surface area contributed by atoms with Gasteiger partial charge in [0.25, 0.3) is 0 Å². The van der Waals surface area contributed by atoms with E-state index in [9.17, 15) is 4.79 Å². The zero-order valence-corrected chi connectivity index (χ0v) is 14.8. The van der Waals surface area contributed by atoms with Crippen molar-refractivity contribution in [1.82, 2.24) is 5.32 Å². The van der Waals surface area contributed by atoms with Crippen LogP contribution in [0.25, 0.3) is 0 Å². The Bertz CT molecular complexity index is 760. The highest BCUT2D eigenvalue weighted by molar-refractivity contribution is 5.88. The van der Waals surface area contributed by atoms with Gasteiger partial charge in [-0.1, -0.05) is 18.2 Å². The molecule has 0 radical (unpaired) electrons. The molecule has 5 nitrogen and oxygen atoms in total. The fourth-order valence-electron chi connectivity index (χ4n) is 2.99. The van der Waals surface area contributed by atoms with Crippen LogP contribution in [0.3, 0.4) is 0 Å². The number of nitrogens with one attached hydrogen (secondary N) is 2. The van der Waals surface area contributed by atoms with Crippen molar-refractivity contribution in [3.8, 4) is 11.5 Å². The third kappa shape index (κ3) is 4.31. The first-order valence-corrected chi connectivity index (χ1v) is 8.56. The molecule has 2 atom stereocenters. The predicted octanol–water partition coefficient (Wildman–Crippen LogP) is 3.83. The number of benzene rings is 2.